The van der Waals surface area contributed by atoms with Gasteiger partial charge < -0.3 is 10.2 Å². The van der Waals surface area contributed by atoms with Crippen LogP contribution in [0.15, 0.2) is 22.7 Å². The van der Waals surface area contributed by atoms with Crippen molar-refractivity contribution in [1.29, 1.82) is 0 Å². The van der Waals surface area contributed by atoms with Gasteiger partial charge in [0, 0.05) is 36.3 Å². The van der Waals surface area contributed by atoms with Crippen LogP contribution in [0.4, 0.5) is 10.5 Å². The normalized spacial score (nSPS) is 16.1. The van der Waals surface area contributed by atoms with Gasteiger partial charge in [-0.25, -0.2) is 4.79 Å². The molecule has 0 atom stereocenters. The fourth-order valence-corrected chi connectivity index (χ4v) is 2.79. The van der Waals surface area contributed by atoms with E-state index in [0.29, 0.717) is 0 Å². The SMILES string of the molecule is Cc1cc(NC(=O)N2CCN(CCC(C)C)CC2)ccc1Br. The number of benzene rings is 1. The van der Waals surface area contributed by atoms with Crippen LogP contribution in [-0.4, -0.2) is 48.6 Å². The van der Waals surface area contributed by atoms with Gasteiger partial charge in [-0.15, -0.1) is 0 Å². The summed E-state index contributed by atoms with van der Waals surface area (Å²) < 4.78 is 1.06. The van der Waals surface area contributed by atoms with E-state index in [-0.39, 0.29) is 6.03 Å². The maximum atomic E-state index is 12.3. The second-order valence-electron chi connectivity index (χ2n) is 6.41. The van der Waals surface area contributed by atoms with E-state index in [4.69, 9.17) is 0 Å². The molecule has 0 spiro atoms. The third-order valence-corrected chi connectivity index (χ3v) is 4.98. The highest BCUT2D eigenvalue weighted by molar-refractivity contribution is 9.10. The van der Waals surface area contributed by atoms with Crippen molar-refractivity contribution >= 4 is 27.6 Å². The monoisotopic (exact) mass is 367 g/mol. The standard InChI is InChI=1S/C17H26BrN3O/c1-13(2)6-7-20-8-10-21(11-9-20)17(22)19-15-4-5-16(18)14(3)12-15/h4-5,12-13H,6-11H2,1-3H3,(H,19,22). The predicted octanol–water partition coefficient (Wildman–Crippen LogP) is 3.95. The van der Waals surface area contributed by atoms with Gasteiger partial charge in [-0.1, -0.05) is 29.8 Å². The molecule has 1 aliphatic rings. The fourth-order valence-electron chi connectivity index (χ4n) is 2.54. The molecule has 1 fully saturated rings. The van der Waals surface area contributed by atoms with E-state index in [2.05, 4.69) is 40.0 Å². The van der Waals surface area contributed by atoms with Crippen LogP contribution in [0.3, 0.4) is 0 Å². The molecule has 1 aliphatic heterocycles. The number of halogens is 1. The van der Waals surface area contributed by atoms with E-state index < -0.39 is 0 Å². The van der Waals surface area contributed by atoms with Gasteiger partial charge in [0.2, 0.25) is 0 Å². The van der Waals surface area contributed by atoms with E-state index in [9.17, 15) is 4.79 Å². The summed E-state index contributed by atoms with van der Waals surface area (Å²) in [5, 5.41) is 2.99. The molecule has 0 saturated carbocycles. The Kier molecular flexibility index (Phi) is 6.26. The zero-order valence-electron chi connectivity index (χ0n) is 13.7. The van der Waals surface area contributed by atoms with Crippen molar-refractivity contribution in [3.63, 3.8) is 0 Å². The molecular formula is C17H26BrN3O. The number of nitrogens with zero attached hydrogens (tertiary/aromatic N) is 2. The molecule has 1 heterocycles. The lowest BCUT2D eigenvalue weighted by Gasteiger charge is -2.35. The number of carbonyl (C=O) groups excluding carboxylic acids is 1. The molecule has 2 rings (SSSR count). The van der Waals surface area contributed by atoms with E-state index in [1.165, 1.54) is 6.42 Å². The van der Waals surface area contributed by atoms with Crippen molar-refractivity contribution in [3.8, 4) is 0 Å². The first-order valence-corrected chi connectivity index (χ1v) is 8.79. The maximum Gasteiger partial charge on any atom is 0.321 e. The first-order valence-electron chi connectivity index (χ1n) is 8.00. The quantitative estimate of drug-likeness (QED) is 0.874. The predicted molar refractivity (Wildman–Crippen MR) is 95.4 cm³/mol. The summed E-state index contributed by atoms with van der Waals surface area (Å²) in [5.74, 6) is 0.738. The molecule has 1 aromatic carbocycles. The molecule has 22 heavy (non-hydrogen) atoms. The zero-order valence-corrected chi connectivity index (χ0v) is 15.3. The van der Waals surface area contributed by atoms with Crippen molar-refractivity contribution in [2.75, 3.05) is 38.0 Å². The van der Waals surface area contributed by atoms with Crippen LogP contribution < -0.4 is 5.32 Å². The van der Waals surface area contributed by atoms with Gasteiger partial charge in [0.25, 0.3) is 0 Å². The number of amides is 2. The van der Waals surface area contributed by atoms with Gasteiger partial charge in [0.05, 0.1) is 0 Å². The Morgan fingerprint density at radius 3 is 2.55 bits per heavy atom. The van der Waals surface area contributed by atoms with Crippen LogP contribution in [0.1, 0.15) is 25.8 Å². The lowest BCUT2D eigenvalue weighted by atomic mass is 10.1. The number of nitrogens with one attached hydrogen (secondary N) is 1. The van der Waals surface area contributed by atoms with Crippen molar-refractivity contribution < 1.29 is 4.79 Å². The molecule has 0 bridgehead atoms. The van der Waals surface area contributed by atoms with Crippen LogP contribution in [0.25, 0.3) is 0 Å². The topological polar surface area (TPSA) is 35.6 Å². The van der Waals surface area contributed by atoms with Crippen molar-refractivity contribution in [3.05, 3.63) is 28.2 Å². The van der Waals surface area contributed by atoms with Gasteiger partial charge in [0.1, 0.15) is 0 Å². The molecule has 0 aliphatic carbocycles. The Hall–Kier alpha value is -1.07. The summed E-state index contributed by atoms with van der Waals surface area (Å²) in [6.45, 7) is 11.2. The summed E-state index contributed by atoms with van der Waals surface area (Å²) in [5.41, 5.74) is 1.98. The number of urea groups is 1. The van der Waals surface area contributed by atoms with E-state index >= 15 is 0 Å². The van der Waals surface area contributed by atoms with E-state index in [0.717, 1.165) is 54.4 Å². The van der Waals surface area contributed by atoms with Gasteiger partial charge in [-0.2, -0.15) is 0 Å². The van der Waals surface area contributed by atoms with Crippen LogP contribution in [0.2, 0.25) is 0 Å². The lowest BCUT2D eigenvalue weighted by Crippen LogP contribution is -2.50. The smallest absolute Gasteiger partial charge is 0.321 e. The van der Waals surface area contributed by atoms with Crippen molar-refractivity contribution in [2.45, 2.75) is 27.2 Å². The minimum atomic E-state index is 0.00484. The number of piperazine rings is 1. The molecule has 1 aromatic rings. The van der Waals surface area contributed by atoms with E-state index in [1.807, 2.05) is 30.0 Å². The molecule has 1 saturated heterocycles. The third-order valence-electron chi connectivity index (χ3n) is 4.09. The summed E-state index contributed by atoms with van der Waals surface area (Å²) in [4.78, 5) is 16.7. The van der Waals surface area contributed by atoms with Crippen LogP contribution >= 0.6 is 15.9 Å². The molecule has 1 N–H and O–H groups in total. The number of hydrogen-bond acceptors (Lipinski definition) is 2. The Bertz CT molecular complexity index is 511. The maximum absolute atomic E-state index is 12.3. The molecule has 0 radical (unpaired) electrons. The molecule has 4 nitrogen and oxygen atoms in total. The van der Waals surface area contributed by atoms with Crippen LogP contribution in [0, 0.1) is 12.8 Å². The average molecular weight is 368 g/mol. The van der Waals surface area contributed by atoms with Gasteiger partial charge >= 0.3 is 6.03 Å². The van der Waals surface area contributed by atoms with Gasteiger partial charge in [-0.05, 0) is 49.6 Å². The minimum Gasteiger partial charge on any atom is -0.322 e. The summed E-state index contributed by atoms with van der Waals surface area (Å²) in [6.07, 6.45) is 1.23. The van der Waals surface area contributed by atoms with Crippen molar-refractivity contribution in [1.82, 2.24) is 9.80 Å². The molecule has 0 unspecified atom stereocenters. The second kappa shape index (κ2) is 7.97. The Morgan fingerprint density at radius 2 is 1.95 bits per heavy atom. The molecule has 2 amide bonds. The summed E-state index contributed by atoms with van der Waals surface area (Å²) in [6, 6.07) is 5.88. The van der Waals surface area contributed by atoms with Gasteiger partial charge in [0.15, 0.2) is 0 Å². The first-order chi connectivity index (χ1) is 10.5. The van der Waals surface area contributed by atoms with E-state index in [1.54, 1.807) is 0 Å². The minimum absolute atomic E-state index is 0.00484. The largest absolute Gasteiger partial charge is 0.322 e. The first kappa shape index (κ1) is 17.3. The van der Waals surface area contributed by atoms with Crippen LogP contribution in [-0.2, 0) is 0 Å². The number of anilines is 1. The lowest BCUT2D eigenvalue weighted by molar-refractivity contribution is 0.143. The summed E-state index contributed by atoms with van der Waals surface area (Å²) >= 11 is 3.47. The molecular weight excluding hydrogens is 342 g/mol. The molecule has 122 valence electrons. The Balaban J connectivity index is 1.81. The molecule has 0 aromatic heterocycles. The number of carbonyl (C=O) groups is 1. The Morgan fingerprint density at radius 1 is 1.27 bits per heavy atom. The fraction of sp³-hybridized carbons (Fsp3) is 0.588. The van der Waals surface area contributed by atoms with Crippen molar-refractivity contribution in [2.24, 2.45) is 5.92 Å². The second-order valence-corrected chi connectivity index (χ2v) is 7.26. The zero-order chi connectivity index (χ0) is 16.1. The average Bonchev–Trinajstić information content (AvgIpc) is 2.49. The molecule has 5 heteroatoms. The highest BCUT2D eigenvalue weighted by Crippen LogP contribution is 2.20. The third kappa shape index (κ3) is 4.99. The number of rotatable bonds is 4. The van der Waals surface area contributed by atoms with Gasteiger partial charge in [-0.3, -0.25) is 4.90 Å². The summed E-state index contributed by atoms with van der Waals surface area (Å²) in [7, 11) is 0. The van der Waals surface area contributed by atoms with Crippen LogP contribution in [0.5, 0.6) is 0 Å². The Labute approximate surface area is 142 Å². The number of aryl methyl sites for hydroxylation is 1. The number of hydrogen-bond donors (Lipinski definition) is 1. The highest BCUT2D eigenvalue weighted by Gasteiger charge is 2.21. The highest BCUT2D eigenvalue weighted by atomic mass is 79.9.